The van der Waals surface area contributed by atoms with Gasteiger partial charge in [-0.05, 0) is 72.2 Å². The molecule has 0 spiro atoms. The van der Waals surface area contributed by atoms with Crippen LogP contribution in [0.2, 0.25) is 0 Å². The third kappa shape index (κ3) is 6.36. The van der Waals surface area contributed by atoms with Crippen molar-refractivity contribution in [3.63, 3.8) is 0 Å². The lowest BCUT2D eigenvalue weighted by molar-refractivity contribution is -0.384. The summed E-state index contributed by atoms with van der Waals surface area (Å²) in [6.45, 7) is 1.53. The van der Waals surface area contributed by atoms with Crippen molar-refractivity contribution in [2.24, 2.45) is 5.73 Å². The molecule has 0 fully saturated rings. The lowest BCUT2D eigenvalue weighted by Gasteiger charge is -2.28. The van der Waals surface area contributed by atoms with Crippen LogP contribution in [0.4, 0.5) is 17.1 Å². The molecule has 0 unspecified atom stereocenters. The van der Waals surface area contributed by atoms with Crippen molar-refractivity contribution >= 4 is 45.6 Å². The number of aryl methyl sites for hydroxylation is 1. The number of rotatable bonds is 10. The van der Waals surface area contributed by atoms with Gasteiger partial charge in [-0.2, -0.15) is 0 Å². The molecule has 2 aromatic carbocycles. The molecular weight excluding hydrogens is 503 g/mol. The number of benzene rings is 2. The second-order valence-electron chi connectivity index (χ2n) is 7.06. The van der Waals surface area contributed by atoms with E-state index in [0.29, 0.717) is 5.69 Å². The molecule has 0 aromatic heterocycles. The number of aliphatic hydroxyl groups is 2. The van der Waals surface area contributed by atoms with Gasteiger partial charge < -0.3 is 26.6 Å². The summed E-state index contributed by atoms with van der Waals surface area (Å²) in [7, 11) is 0. The van der Waals surface area contributed by atoms with Crippen LogP contribution >= 0.6 is 22.6 Å². The summed E-state index contributed by atoms with van der Waals surface area (Å²) in [6, 6.07) is 9.77. The summed E-state index contributed by atoms with van der Waals surface area (Å²) in [6.07, 6.45) is 0.380. The number of carbonyl (C=O) groups is 1. The van der Waals surface area contributed by atoms with Crippen LogP contribution in [0.1, 0.15) is 28.8 Å². The Morgan fingerprint density at radius 2 is 1.80 bits per heavy atom. The highest BCUT2D eigenvalue weighted by Gasteiger charge is 2.26. The zero-order valence-corrected chi connectivity index (χ0v) is 18.7. The molecule has 0 atom stereocenters. The van der Waals surface area contributed by atoms with E-state index in [1.165, 1.54) is 18.2 Å². The zero-order chi connectivity index (χ0) is 22.3. The fraction of sp³-hybridized carbons (Fsp3) is 0.350. The minimum absolute atomic E-state index is 0.00234. The van der Waals surface area contributed by atoms with Crippen molar-refractivity contribution in [3.8, 4) is 0 Å². The summed E-state index contributed by atoms with van der Waals surface area (Å²) >= 11 is 2.20. The number of nitrogens with two attached hydrogens (primary N) is 1. The standard InChI is InChI=1S/C20H25IN4O5/c1-13-10-14(21)2-4-17(13)24-18-5-3-15(25(29)30)11-16(18)19(28)23-12-20(22,6-8-26)7-9-27/h2-5,10-11,24,26-27H,6-9,12,22H2,1H3,(H,23,28). The molecule has 0 aliphatic rings. The number of non-ortho nitro benzene ring substituents is 1. The third-order valence-electron chi connectivity index (χ3n) is 4.74. The number of nitro groups is 1. The molecule has 2 aromatic rings. The van der Waals surface area contributed by atoms with E-state index < -0.39 is 16.4 Å². The summed E-state index contributed by atoms with van der Waals surface area (Å²) in [5.74, 6) is -0.546. The van der Waals surface area contributed by atoms with Gasteiger partial charge in [0, 0.05) is 46.7 Å². The first-order valence-electron chi connectivity index (χ1n) is 9.29. The smallest absolute Gasteiger partial charge is 0.270 e. The van der Waals surface area contributed by atoms with E-state index >= 15 is 0 Å². The topological polar surface area (TPSA) is 151 Å². The van der Waals surface area contributed by atoms with Gasteiger partial charge >= 0.3 is 0 Å². The highest BCUT2D eigenvalue weighted by atomic mass is 127. The van der Waals surface area contributed by atoms with E-state index in [9.17, 15) is 25.1 Å². The summed E-state index contributed by atoms with van der Waals surface area (Å²) in [5.41, 5.74) is 7.19. The number of nitrogens with zero attached hydrogens (tertiary/aromatic N) is 1. The fourth-order valence-corrected chi connectivity index (χ4v) is 3.60. The predicted octanol–water partition coefficient (Wildman–Crippen LogP) is 2.44. The van der Waals surface area contributed by atoms with E-state index in [1.807, 2.05) is 25.1 Å². The maximum atomic E-state index is 12.9. The number of nitrogens with one attached hydrogen (secondary N) is 2. The largest absolute Gasteiger partial charge is 0.396 e. The molecule has 0 bridgehead atoms. The summed E-state index contributed by atoms with van der Waals surface area (Å²) in [5, 5.41) is 35.4. The number of nitro benzene ring substituents is 1. The lowest BCUT2D eigenvalue weighted by atomic mass is 9.93. The average molecular weight is 528 g/mol. The van der Waals surface area contributed by atoms with Gasteiger partial charge in [-0.3, -0.25) is 14.9 Å². The Bertz CT molecular complexity index is 916. The monoisotopic (exact) mass is 528 g/mol. The van der Waals surface area contributed by atoms with Crippen molar-refractivity contribution in [1.29, 1.82) is 0 Å². The molecule has 0 saturated heterocycles. The van der Waals surface area contributed by atoms with E-state index in [2.05, 4.69) is 33.2 Å². The Balaban J connectivity index is 2.32. The van der Waals surface area contributed by atoms with Crippen LogP contribution in [-0.4, -0.2) is 46.3 Å². The molecule has 0 aliphatic carbocycles. The number of hydrogen-bond donors (Lipinski definition) is 5. The quantitative estimate of drug-likeness (QED) is 0.181. The number of amides is 1. The van der Waals surface area contributed by atoms with Crippen LogP contribution in [0, 0.1) is 20.6 Å². The Morgan fingerprint density at radius 1 is 1.17 bits per heavy atom. The van der Waals surface area contributed by atoms with Gasteiger partial charge in [0.2, 0.25) is 0 Å². The van der Waals surface area contributed by atoms with Crippen LogP contribution in [-0.2, 0) is 0 Å². The second-order valence-corrected chi connectivity index (χ2v) is 8.31. The van der Waals surface area contributed by atoms with Crippen molar-refractivity contribution in [2.45, 2.75) is 25.3 Å². The Kier molecular flexibility index (Phi) is 8.53. The molecule has 162 valence electrons. The summed E-state index contributed by atoms with van der Waals surface area (Å²) < 4.78 is 1.06. The molecule has 1 amide bonds. The Hall–Kier alpha value is -2.28. The average Bonchev–Trinajstić information content (AvgIpc) is 2.69. The highest BCUT2D eigenvalue weighted by molar-refractivity contribution is 14.1. The first-order chi connectivity index (χ1) is 14.2. The van der Waals surface area contributed by atoms with E-state index in [0.717, 1.165) is 14.8 Å². The SMILES string of the molecule is Cc1cc(I)ccc1Nc1ccc([N+](=O)[O-])cc1C(=O)NCC(N)(CCO)CCO. The van der Waals surface area contributed by atoms with Gasteiger partial charge in [-0.25, -0.2) is 0 Å². The molecule has 0 radical (unpaired) electrons. The Morgan fingerprint density at radius 3 is 2.37 bits per heavy atom. The molecule has 30 heavy (non-hydrogen) atoms. The number of aliphatic hydroxyl groups excluding tert-OH is 2. The minimum atomic E-state index is -0.986. The summed E-state index contributed by atoms with van der Waals surface area (Å²) in [4.78, 5) is 23.5. The van der Waals surface area contributed by atoms with E-state index in [4.69, 9.17) is 5.73 Å². The molecule has 2 rings (SSSR count). The molecule has 0 saturated carbocycles. The van der Waals surface area contributed by atoms with Crippen molar-refractivity contribution in [2.75, 3.05) is 25.1 Å². The van der Waals surface area contributed by atoms with Crippen LogP contribution in [0.15, 0.2) is 36.4 Å². The van der Waals surface area contributed by atoms with Crippen molar-refractivity contribution in [3.05, 3.63) is 61.2 Å². The van der Waals surface area contributed by atoms with Crippen molar-refractivity contribution < 1.29 is 19.9 Å². The van der Waals surface area contributed by atoms with E-state index in [-0.39, 0.29) is 43.9 Å². The van der Waals surface area contributed by atoms with Crippen LogP contribution in [0.25, 0.3) is 0 Å². The molecule has 6 N–H and O–H groups in total. The van der Waals surface area contributed by atoms with Crippen LogP contribution in [0.3, 0.4) is 0 Å². The molecule has 0 aliphatic heterocycles. The molecule has 9 nitrogen and oxygen atoms in total. The molecule has 0 heterocycles. The third-order valence-corrected chi connectivity index (χ3v) is 5.41. The first-order valence-corrected chi connectivity index (χ1v) is 10.4. The van der Waals surface area contributed by atoms with Gasteiger partial charge in [-0.1, -0.05) is 0 Å². The van der Waals surface area contributed by atoms with Gasteiger partial charge in [0.25, 0.3) is 11.6 Å². The second kappa shape index (κ2) is 10.7. The van der Waals surface area contributed by atoms with Gasteiger partial charge in [-0.15, -0.1) is 0 Å². The molecular formula is C20H25IN4O5. The predicted molar refractivity (Wildman–Crippen MR) is 123 cm³/mol. The lowest BCUT2D eigenvalue weighted by Crippen LogP contribution is -2.51. The fourth-order valence-electron chi connectivity index (χ4n) is 2.95. The van der Waals surface area contributed by atoms with E-state index in [1.54, 1.807) is 0 Å². The van der Waals surface area contributed by atoms with Crippen LogP contribution < -0.4 is 16.4 Å². The number of hydrogen-bond acceptors (Lipinski definition) is 7. The number of carbonyl (C=O) groups excluding carboxylic acids is 1. The number of anilines is 2. The molecule has 10 heteroatoms. The van der Waals surface area contributed by atoms with Gasteiger partial charge in [0.15, 0.2) is 0 Å². The van der Waals surface area contributed by atoms with Crippen molar-refractivity contribution in [1.82, 2.24) is 5.32 Å². The Labute approximate surface area is 188 Å². The van der Waals surface area contributed by atoms with Crippen LogP contribution in [0.5, 0.6) is 0 Å². The minimum Gasteiger partial charge on any atom is -0.396 e. The highest BCUT2D eigenvalue weighted by Crippen LogP contribution is 2.28. The maximum Gasteiger partial charge on any atom is 0.270 e. The normalized spacial score (nSPS) is 11.2. The number of halogens is 1. The van der Waals surface area contributed by atoms with Gasteiger partial charge in [0.05, 0.1) is 16.2 Å². The zero-order valence-electron chi connectivity index (χ0n) is 16.5. The maximum absolute atomic E-state index is 12.9. The first kappa shape index (κ1) is 24.0. The van der Waals surface area contributed by atoms with Gasteiger partial charge in [0.1, 0.15) is 0 Å².